The molecule has 1 amide bonds. The van der Waals surface area contributed by atoms with Gasteiger partial charge in [-0.1, -0.05) is 18.2 Å². The third kappa shape index (κ3) is 6.94. The summed E-state index contributed by atoms with van der Waals surface area (Å²) < 4.78 is 16.7. The van der Waals surface area contributed by atoms with E-state index in [1.165, 1.54) is 0 Å². The minimum Gasteiger partial charge on any atom is -0.491 e. The molecule has 0 unspecified atom stereocenters. The molecule has 0 aliphatic carbocycles. The Hall–Kier alpha value is -1.63. The monoisotopic (exact) mass is 364 g/mol. The predicted octanol–water partition coefficient (Wildman–Crippen LogP) is 2.09. The van der Waals surface area contributed by atoms with Gasteiger partial charge in [0.2, 0.25) is 5.91 Å². The van der Waals surface area contributed by atoms with Gasteiger partial charge in [0.15, 0.2) is 0 Å². The van der Waals surface area contributed by atoms with Gasteiger partial charge >= 0.3 is 0 Å². The second-order valence-corrected chi connectivity index (χ2v) is 7.47. The number of carbonyl (C=O) groups is 1. The van der Waals surface area contributed by atoms with Crippen LogP contribution in [0.5, 0.6) is 5.75 Å². The molecule has 2 rings (SSSR count). The minimum absolute atomic E-state index is 0.0458. The summed E-state index contributed by atoms with van der Waals surface area (Å²) in [7, 11) is 0. The van der Waals surface area contributed by atoms with Gasteiger partial charge in [-0.3, -0.25) is 9.69 Å². The van der Waals surface area contributed by atoms with Gasteiger partial charge < -0.3 is 19.5 Å². The molecule has 0 saturated carbocycles. The zero-order valence-corrected chi connectivity index (χ0v) is 16.4. The smallest absolute Gasteiger partial charge is 0.246 e. The predicted molar refractivity (Wildman–Crippen MR) is 101 cm³/mol. The molecule has 0 bridgehead atoms. The van der Waals surface area contributed by atoms with Crippen molar-refractivity contribution in [3.63, 3.8) is 0 Å². The number of para-hydroxylation sites is 1. The lowest BCUT2D eigenvalue weighted by molar-refractivity contribution is -0.127. The molecule has 2 atom stereocenters. The molecule has 1 aliphatic rings. The number of hydrogen-bond donors (Lipinski definition) is 1. The fourth-order valence-corrected chi connectivity index (χ4v) is 3.05. The molecule has 1 saturated heterocycles. The zero-order chi connectivity index (χ0) is 19.0. The van der Waals surface area contributed by atoms with E-state index < -0.39 is 0 Å². The van der Waals surface area contributed by atoms with Crippen molar-refractivity contribution in [3.05, 3.63) is 30.3 Å². The fraction of sp³-hybridized carbons (Fsp3) is 0.650. The average Bonchev–Trinajstić information content (AvgIpc) is 2.60. The van der Waals surface area contributed by atoms with Crippen LogP contribution in [0.4, 0.5) is 0 Å². The Bertz CT molecular complexity index is 540. The summed E-state index contributed by atoms with van der Waals surface area (Å²) >= 11 is 0. The summed E-state index contributed by atoms with van der Waals surface area (Å²) in [5.74, 6) is 0.698. The first kappa shape index (κ1) is 20.7. The molecule has 1 aromatic rings. The lowest BCUT2D eigenvalue weighted by atomic mass is 10.00. The second kappa shape index (κ2) is 9.90. The highest BCUT2D eigenvalue weighted by Crippen LogP contribution is 2.20. The van der Waals surface area contributed by atoms with Gasteiger partial charge in [0.1, 0.15) is 19.0 Å². The van der Waals surface area contributed by atoms with Crippen molar-refractivity contribution in [2.24, 2.45) is 0 Å². The molecular formula is C20H32N2O4. The van der Waals surface area contributed by atoms with E-state index in [0.717, 1.165) is 18.8 Å². The maximum atomic E-state index is 12.0. The van der Waals surface area contributed by atoms with Gasteiger partial charge in [-0.2, -0.15) is 0 Å². The number of carbonyl (C=O) groups excluding carboxylic acids is 1. The van der Waals surface area contributed by atoms with Crippen LogP contribution in [0.1, 0.15) is 27.7 Å². The van der Waals surface area contributed by atoms with Crippen LogP contribution < -0.4 is 10.1 Å². The first-order chi connectivity index (χ1) is 12.4. The average molecular weight is 364 g/mol. The lowest BCUT2D eigenvalue weighted by Crippen LogP contribution is -2.58. The highest BCUT2D eigenvalue weighted by Gasteiger charge is 2.33. The van der Waals surface area contributed by atoms with E-state index in [4.69, 9.17) is 14.2 Å². The van der Waals surface area contributed by atoms with Crippen molar-refractivity contribution >= 4 is 5.91 Å². The SMILES string of the molecule is C[C@@H]1CN(C(C)(C)CNC(=O)COCCOc2ccccc2)C[C@@H](C)O1. The molecule has 0 spiro atoms. The van der Waals surface area contributed by atoms with Gasteiger partial charge in [0.05, 0.1) is 18.8 Å². The molecule has 1 aromatic carbocycles. The molecule has 146 valence electrons. The molecule has 0 radical (unpaired) electrons. The summed E-state index contributed by atoms with van der Waals surface area (Å²) in [6, 6.07) is 9.56. The highest BCUT2D eigenvalue weighted by atomic mass is 16.5. The standard InChI is InChI=1S/C20H32N2O4/c1-16-12-22(13-17(2)26-16)20(3,4)15-21-19(23)14-24-10-11-25-18-8-6-5-7-9-18/h5-9,16-17H,10-15H2,1-4H3,(H,21,23)/t16-,17-/m1/s1. The van der Waals surface area contributed by atoms with Gasteiger partial charge in [-0.05, 0) is 39.8 Å². The summed E-state index contributed by atoms with van der Waals surface area (Å²) in [6.45, 7) is 11.6. The topological polar surface area (TPSA) is 60.0 Å². The van der Waals surface area contributed by atoms with Crippen LogP contribution >= 0.6 is 0 Å². The molecule has 1 heterocycles. The largest absolute Gasteiger partial charge is 0.491 e. The summed E-state index contributed by atoms with van der Waals surface area (Å²) in [5, 5.41) is 2.97. The van der Waals surface area contributed by atoms with Gasteiger partial charge in [-0.15, -0.1) is 0 Å². The van der Waals surface area contributed by atoms with Crippen LogP contribution in [0.2, 0.25) is 0 Å². The number of nitrogens with zero attached hydrogens (tertiary/aromatic N) is 1. The van der Waals surface area contributed by atoms with Gasteiger partial charge in [-0.25, -0.2) is 0 Å². The number of nitrogens with one attached hydrogen (secondary N) is 1. The van der Waals surface area contributed by atoms with E-state index in [-0.39, 0.29) is 30.3 Å². The van der Waals surface area contributed by atoms with Crippen molar-refractivity contribution in [1.82, 2.24) is 10.2 Å². The van der Waals surface area contributed by atoms with Crippen molar-refractivity contribution in [1.29, 1.82) is 0 Å². The van der Waals surface area contributed by atoms with Crippen molar-refractivity contribution in [3.8, 4) is 5.75 Å². The second-order valence-electron chi connectivity index (χ2n) is 7.47. The van der Waals surface area contributed by atoms with Gasteiger partial charge in [0, 0.05) is 25.2 Å². The number of amides is 1. The Kier molecular flexibility index (Phi) is 7.87. The van der Waals surface area contributed by atoms with E-state index >= 15 is 0 Å². The molecule has 0 aromatic heterocycles. The molecule has 1 aliphatic heterocycles. The Morgan fingerprint density at radius 3 is 2.50 bits per heavy atom. The van der Waals surface area contributed by atoms with E-state index in [1.807, 2.05) is 30.3 Å². The number of hydrogen-bond acceptors (Lipinski definition) is 5. The molecule has 26 heavy (non-hydrogen) atoms. The molecular weight excluding hydrogens is 332 g/mol. The van der Waals surface area contributed by atoms with Crippen molar-refractivity contribution in [2.75, 3.05) is 39.5 Å². The molecule has 1 fully saturated rings. The number of ether oxygens (including phenoxy) is 3. The van der Waals surface area contributed by atoms with E-state index in [0.29, 0.717) is 19.8 Å². The van der Waals surface area contributed by atoms with Crippen molar-refractivity contribution in [2.45, 2.75) is 45.4 Å². The number of morpholine rings is 1. The third-order valence-electron chi connectivity index (χ3n) is 4.47. The first-order valence-electron chi connectivity index (χ1n) is 9.29. The van der Waals surface area contributed by atoms with Gasteiger partial charge in [0.25, 0.3) is 0 Å². The number of rotatable bonds is 9. The summed E-state index contributed by atoms with van der Waals surface area (Å²) in [6.07, 6.45) is 0.420. The van der Waals surface area contributed by atoms with Crippen LogP contribution in [0.15, 0.2) is 30.3 Å². The van der Waals surface area contributed by atoms with E-state index in [2.05, 4.69) is 37.9 Å². The molecule has 1 N–H and O–H groups in total. The Labute approximate surface area is 156 Å². The maximum Gasteiger partial charge on any atom is 0.246 e. The summed E-state index contributed by atoms with van der Waals surface area (Å²) in [4.78, 5) is 14.4. The Morgan fingerprint density at radius 2 is 1.85 bits per heavy atom. The molecule has 6 nitrogen and oxygen atoms in total. The third-order valence-corrected chi connectivity index (χ3v) is 4.47. The highest BCUT2D eigenvalue weighted by molar-refractivity contribution is 5.77. The van der Waals surface area contributed by atoms with Crippen LogP contribution in [0.25, 0.3) is 0 Å². The normalized spacial score (nSPS) is 21.4. The first-order valence-corrected chi connectivity index (χ1v) is 9.29. The van der Waals surface area contributed by atoms with Crippen LogP contribution in [-0.2, 0) is 14.3 Å². The Balaban J connectivity index is 1.61. The van der Waals surface area contributed by atoms with E-state index in [1.54, 1.807) is 0 Å². The maximum absolute atomic E-state index is 12.0. The van der Waals surface area contributed by atoms with Crippen LogP contribution in [-0.4, -0.2) is 68.0 Å². The quantitative estimate of drug-likeness (QED) is 0.680. The summed E-state index contributed by atoms with van der Waals surface area (Å²) in [5.41, 5.74) is -0.127. The van der Waals surface area contributed by atoms with Crippen molar-refractivity contribution < 1.29 is 19.0 Å². The number of benzene rings is 1. The minimum atomic E-state index is -0.127. The van der Waals surface area contributed by atoms with E-state index in [9.17, 15) is 4.79 Å². The van der Waals surface area contributed by atoms with Crippen LogP contribution in [0, 0.1) is 0 Å². The lowest BCUT2D eigenvalue weighted by Gasteiger charge is -2.45. The van der Waals surface area contributed by atoms with Crippen LogP contribution in [0.3, 0.4) is 0 Å². The zero-order valence-electron chi connectivity index (χ0n) is 16.4. The molecule has 6 heteroatoms. The Morgan fingerprint density at radius 1 is 1.19 bits per heavy atom. The fourth-order valence-electron chi connectivity index (χ4n) is 3.05.